The zero-order chi connectivity index (χ0) is 21.6. The number of fused-ring (bicyclic) bond motifs is 1. The third kappa shape index (κ3) is 4.88. The Morgan fingerprint density at radius 3 is 2.48 bits per heavy atom. The van der Waals surface area contributed by atoms with Gasteiger partial charge in [-0.05, 0) is 55.8 Å². The molecule has 0 spiro atoms. The maximum atomic E-state index is 12.9. The first kappa shape index (κ1) is 20.9. The third-order valence-corrected chi connectivity index (χ3v) is 5.58. The Morgan fingerprint density at radius 2 is 1.71 bits per heavy atom. The lowest BCUT2D eigenvalue weighted by Crippen LogP contribution is -2.45. The summed E-state index contributed by atoms with van der Waals surface area (Å²) in [6.07, 6.45) is 8.48. The van der Waals surface area contributed by atoms with Gasteiger partial charge in [-0.1, -0.05) is 6.42 Å². The number of nitrogens with one attached hydrogen (secondary N) is 1. The second-order valence-electron chi connectivity index (χ2n) is 7.74. The molecule has 9 nitrogen and oxygen atoms in total. The summed E-state index contributed by atoms with van der Waals surface area (Å²) in [6, 6.07) is 6.95. The van der Waals surface area contributed by atoms with E-state index in [-0.39, 0.29) is 19.0 Å². The number of carbonyl (C=O) groups excluding carboxylic acids is 1. The van der Waals surface area contributed by atoms with E-state index < -0.39 is 11.1 Å². The number of piperidine rings is 1. The Balaban J connectivity index is 1.55. The Labute approximate surface area is 179 Å². The molecule has 0 atom stereocenters. The van der Waals surface area contributed by atoms with Crippen molar-refractivity contribution in [2.24, 2.45) is 0 Å². The van der Waals surface area contributed by atoms with E-state index in [1.165, 1.54) is 28.4 Å². The van der Waals surface area contributed by atoms with Gasteiger partial charge in [-0.3, -0.25) is 28.5 Å². The van der Waals surface area contributed by atoms with Crippen molar-refractivity contribution in [3.63, 3.8) is 0 Å². The maximum absolute atomic E-state index is 12.9. The number of amides is 1. The number of likely N-dealkylation sites (tertiary alicyclic amines) is 1. The van der Waals surface area contributed by atoms with Crippen molar-refractivity contribution < 1.29 is 4.79 Å². The number of nitrogens with zero attached hydrogens (tertiary/aromatic N) is 5. The van der Waals surface area contributed by atoms with Crippen LogP contribution in [0.1, 0.15) is 24.8 Å². The molecular weight excluding hydrogens is 396 g/mol. The van der Waals surface area contributed by atoms with E-state index in [1.807, 2.05) is 0 Å². The average molecular weight is 422 g/mol. The van der Waals surface area contributed by atoms with Crippen LogP contribution in [0.4, 0.5) is 0 Å². The van der Waals surface area contributed by atoms with Gasteiger partial charge in [0.05, 0.1) is 12.1 Å². The molecule has 0 bridgehead atoms. The van der Waals surface area contributed by atoms with E-state index in [4.69, 9.17) is 0 Å². The minimum absolute atomic E-state index is 0.201. The van der Waals surface area contributed by atoms with Crippen LogP contribution in [0.5, 0.6) is 0 Å². The monoisotopic (exact) mass is 422 g/mol. The van der Waals surface area contributed by atoms with Gasteiger partial charge in [-0.15, -0.1) is 0 Å². The summed E-state index contributed by atoms with van der Waals surface area (Å²) in [5.74, 6) is -0.296. The van der Waals surface area contributed by atoms with Gasteiger partial charge in [0, 0.05) is 31.7 Å². The lowest BCUT2D eigenvalue weighted by molar-refractivity contribution is -0.121. The maximum Gasteiger partial charge on any atom is 0.318 e. The third-order valence-electron chi connectivity index (χ3n) is 5.58. The summed E-state index contributed by atoms with van der Waals surface area (Å²) in [7, 11) is 0. The van der Waals surface area contributed by atoms with E-state index in [9.17, 15) is 14.4 Å². The van der Waals surface area contributed by atoms with Crippen LogP contribution < -0.4 is 16.4 Å². The molecule has 1 aliphatic heterocycles. The van der Waals surface area contributed by atoms with Gasteiger partial charge in [0.15, 0.2) is 5.65 Å². The molecule has 4 heterocycles. The van der Waals surface area contributed by atoms with Gasteiger partial charge in [-0.2, -0.15) is 0 Å². The standard InChI is InChI=1S/C22H26N6O3/c29-19(24-11-14-26-12-2-1-3-13-26)16-27-18-5-4-8-25-20(18)28(22(31)21(27)30)15-17-6-9-23-10-7-17/h4-10H,1-3,11-16H2,(H,24,29). The molecule has 1 fully saturated rings. The van der Waals surface area contributed by atoms with Gasteiger partial charge < -0.3 is 10.2 Å². The highest BCUT2D eigenvalue weighted by Crippen LogP contribution is 2.10. The predicted octanol–water partition coefficient (Wildman–Crippen LogP) is 0.604. The van der Waals surface area contributed by atoms with E-state index in [0.29, 0.717) is 17.7 Å². The molecule has 1 N–H and O–H groups in total. The van der Waals surface area contributed by atoms with Crippen molar-refractivity contribution in [3.8, 4) is 0 Å². The van der Waals surface area contributed by atoms with Crippen molar-refractivity contribution in [2.75, 3.05) is 26.2 Å². The summed E-state index contributed by atoms with van der Waals surface area (Å²) >= 11 is 0. The smallest absolute Gasteiger partial charge is 0.318 e. The first-order valence-electron chi connectivity index (χ1n) is 10.6. The van der Waals surface area contributed by atoms with Crippen molar-refractivity contribution in [2.45, 2.75) is 32.4 Å². The fourth-order valence-corrected chi connectivity index (χ4v) is 3.95. The minimum Gasteiger partial charge on any atom is -0.353 e. The molecule has 0 radical (unpaired) electrons. The van der Waals surface area contributed by atoms with Gasteiger partial charge >= 0.3 is 11.1 Å². The molecule has 1 saturated heterocycles. The Kier molecular flexibility index (Phi) is 6.51. The molecule has 3 aromatic heterocycles. The lowest BCUT2D eigenvalue weighted by Gasteiger charge is -2.26. The Morgan fingerprint density at radius 1 is 0.968 bits per heavy atom. The van der Waals surface area contributed by atoms with Crippen LogP contribution in [-0.4, -0.2) is 56.1 Å². The van der Waals surface area contributed by atoms with Crippen LogP contribution in [-0.2, 0) is 17.9 Å². The van der Waals surface area contributed by atoms with Crippen LogP contribution in [0.3, 0.4) is 0 Å². The first-order valence-corrected chi connectivity index (χ1v) is 10.6. The Hall–Kier alpha value is -3.33. The SMILES string of the molecule is O=C(Cn1c(=O)c(=O)n(Cc2ccncc2)c2ncccc21)NCCN1CCCCC1. The summed E-state index contributed by atoms with van der Waals surface area (Å²) in [4.78, 5) is 48.8. The van der Waals surface area contributed by atoms with Gasteiger partial charge in [0.2, 0.25) is 5.91 Å². The van der Waals surface area contributed by atoms with E-state index in [2.05, 4.69) is 20.2 Å². The van der Waals surface area contributed by atoms with Crippen LogP contribution in [0.25, 0.3) is 11.2 Å². The van der Waals surface area contributed by atoms with Crippen LogP contribution in [0.15, 0.2) is 52.4 Å². The highest BCUT2D eigenvalue weighted by atomic mass is 16.2. The zero-order valence-electron chi connectivity index (χ0n) is 17.4. The van der Waals surface area contributed by atoms with Crippen molar-refractivity contribution in [1.82, 2.24) is 29.3 Å². The molecule has 31 heavy (non-hydrogen) atoms. The second kappa shape index (κ2) is 9.65. The molecule has 0 unspecified atom stereocenters. The minimum atomic E-state index is -0.735. The lowest BCUT2D eigenvalue weighted by atomic mass is 10.1. The van der Waals surface area contributed by atoms with Crippen LogP contribution in [0.2, 0.25) is 0 Å². The molecule has 0 aromatic carbocycles. The molecular formula is C22H26N6O3. The number of rotatable bonds is 7. The van der Waals surface area contributed by atoms with E-state index in [1.54, 1.807) is 42.9 Å². The molecule has 0 saturated carbocycles. The summed E-state index contributed by atoms with van der Waals surface area (Å²) in [5, 5.41) is 2.87. The first-order chi connectivity index (χ1) is 15.1. The summed E-state index contributed by atoms with van der Waals surface area (Å²) in [5.41, 5.74) is 0.207. The summed E-state index contributed by atoms with van der Waals surface area (Å²) < 4.78 is 2.56. The zero-order valence-corrected chi connectivity index (χ0v) is 17.4. The van der Waals surface area contributed by atoms with Gasteiger partial charge in [0.25, 0.3) is 0 Å². The number of aromatic nitrogens is 4. The van der Waals surface area contributed by atoms with E-state index in [0.717, 1.165) is 25.2 Å². The largest absolute Gasteiger partial charge is 0.353 e. The molecule has 1 aliphatic rings. The number of hydrogen-bond acceptors (Lipinski definition) is 6. The fraction of sp³-hybridized carbons (Fsp3) is 0.409. The van der Waals surface area contributed by atoms with Crippen molar-refractivity contribution in [3.05, 3.63) is 69.1 Å². The second-order valence-corrected chi connectivity index (χ2v) is 7.74. The highest BCUT2D eigenvalue weighted by molar-refractivity contribution is 5.78. The molecule has 1 amide bonds. The molecule has 162 valence electrons. The van der Waals surface area contributed by atoms with Crippen molar-refractivity contribution >= 4 is 17.1 Å². The van der Waals surface area contributed by atoms with Gasteiger partial charge in [0.1, 0.15) is 6.54 Å². The summed E-state index contributed by atoms with van der Waals surface area (Å²) in [6.45, 7) is 3.40. The quantitative estimate of drug-likeness (QED) is 0.560. The normalized spacial score (nSPS) is 14.6. The van der Waals surface area contributed by atoms with Crippen LogP contribution >= 0.6 is 0 Å². The predicted molar refractivity (Wildman–Crippen MR) is 117 cm³/mol. The highest BCUT2D eigenvalue weighted by Gasteiger charge is 2.17. The topological polar surface area (TPSA) is 102 Å². The van der Waals surface area contributed by atoms with Crippen molar-refractivity contribution in [1.29, 1.82) is 0 Å². The molecule has 9 heteroatoms. The average Bonchev–Trinajstić information content (AvgIpc) is 2.81. The molecule has 3 aromatic rings. The number of pyridine rings is 2. The van der Waals surface area contributed by atoms with Gasteiger partial charge in [-0.25, -0.2) is 4.98 Å². The van der Waals surface area contributed by atoms with Crippen LogP contribution in [0, 0.1) is 0 Å². The number of carbonyl (C=O) groups is 1. The number of hydrogen-bond donors (Lipinski definition) is 1. The fourth-order valence-electron chi connectivity index (χ4n) is 3.95. The Bertz CT molecular complexity index is 1170. The molecule has 4 rings (SSSR count). The molecule has 0 aliphatic carbocycles. The van der Waals surface area contributed by atoms with E-state index >= 15 is 0 Å².